The number of ether oxygens (including phenoxy) is 2. The largest absolute Gasteiger partial charge is 0.486 e. The van der Waals surface area contributed by atoms with Crippen LogP contribution in [0.15, 0.2) is 18.2 Å². The number of hydrogen-bond acceptors (Lipinski definition) is 5. The summed E-state index contributed by atoms with van der Waals surface area (Å²) in [4.78, 5) is 0. The van der Waals surface area contributed by atoms with Crippen LogP contribution in [0.5, 0.6) is 11.5 Å². The highest BCUT2D eigenvalue weighted by atomic mass is 16.6. The summed E-state index contributed by atoms with van der Waals surface area (Å²) in [6.45, 7) is 1.54. The van der Waals surface area contributed by atoms with Gasteiger partial charge in [0, 0.05) is 12.6 Å². The van der Waals surface area contributed by atoms with Crippen LogP contribution in [-0.4, -0.2) is 42.1 Å². The van der Waals surface area contributed by atoms with Crippen LogP contribution in [0.1, 0.15) is 37.4 Å². The summed E-state index contributed by atoms with van der Waals surface area (Å²) in [5.41, 5.74) is 0.803. The monoisotopic (exact) mass is 293 g/mol. The van der Waals surface area contributed by atoms with Gasteiger partial charge in [-0.2, -0.15) is 0 Å². The minimum absolute atomic E-state index is 0.0885. The van der Waals surface area contributed by atoms with E-state index in [9.17, 15) is 10.2 Å². The first kappa shape index (κ1) is 14.6. The van der Waals surface area contributed by atoms with E-state index in [0.29, 0.717) is 25.5 Å². The zero-order valence-electron chi connectivity index (χ0n) is 12.1. The Bertz CT molecular complexity index is 479. The molecule has 3 rings (SSSR count). The first-order chi connectivity index (χ1) is 10.2. The molecule has 2 aliphatic rings. The average molecular weight is 293 g/mol. The molecule has 3 N–H and O–H groups in total. The Hall–Kier alpha value is -1.30. The van der Waals surface area contributed by atoms with Crippen LogP contribution in [0, 0.1) is 0 Å². The maximum absolute atomic E-state index is 10.3. The molecule has 0 amide bonds. The normalized spacial score (nSPS) is 26.4. The Labute approximate surface area is 124 Å². The number of hydrogen-bond donors (Lipinski definition) is 3. The number of benzene rings is 1. The van der Waals surface area contributed by atoms with Gasteiger partial charge in [0.15, 0.2) is 11.5 Å². The van der Waals surface area contributed by atoms with Crippen molar-refractivity contribution in [1.82, 2.24) is 5.32 Å². The molecule has 1 aliphatic heterocycles. The molecule has 0 radical (unpaired) electrons. The fraction of sp³-hybridized carbons (Fsp3) is 0.625. The maximum Gasteiger partial charge on any atom is 0.161 e. The van der Waals surface area contributed by atoms with Crippen molar-refractivity contribution in [3.8, 4) is 11.5 Å². The van der Waals surface area contributed by atoms with Gasteiger partial charge in [-0.25, -0.2) is 0 Å². The van der Waals surface area contributed by atoms with Crippen LogP contribution in [0.25, 0.3) is 0 Å². The molecule has 3 atom stereocenters. The number of fused-ring (bicyclic) bond motifs is 1. The predicted octanol–water partition coefficient (Wildman–Crippen LogP) is 1.38. The van der Waals surface area contributed by atoms with Gasteiger partial charge in [-0.15, -0.1) is 0 Å². The van der Waals surface area contributed by atoms with Gasteiger partial charge in [0.2, 0.25) is 0 Å². The summed E-state index contributed by atoms with van der Waals surface area (Å²) in [6.07, 6.45) is 3.12. The molecular weight excluding hydrogens is 270 g/mol. The molecule has 116 valence electrons. The maximum atomic E-state index is 10.3. The summed E-state index contributed by atoms with van der Waals surface area (Å²) in [6, 6.07) is 5.61. The third-order valence-corrected chi connectivity index (χ3v) is 4.25. The first-order valence-electron chi connectivity index (χ1n) is 7.73. The topological polar surface area (TPSA) is 71.0 Å². The van der Waals surface area contributed by atoms with Crippen molar-refractivity contribution in [2.45, 2.75) is 43.9 Å². The molecule has 1 aliphatic carbocycles. The molecule has 1 aromatic rings. The van der Waals surface area contributed by atoms with Crippen LogP contribution < -0.4 is 14.8 Å². The van der Waals surface area contributed by atoms with E-state index in [2.05, 4.69) is 5.32 Å². The van der Waals surface area contributed by atoms with Crippen molar-refractivity contribution in [2.24, 2.45) is 0 Å². The van der Waals surface area contributed by atoms with E-state index in [1.165, 1.54) is 0 Å². The molecule has 3 unspecified atom stereocenters. The highest BCUT2D eigenvalue weighted by molar-refractivity contribution is 5.44. The van der Waals surface area contributed by atoms with Crippen molar-refractivity contribution in [2.75, 3.05) is 19.8 Å². The molecule has 1 aromatic carbocycles. The molecule has 1 fully saturated rings. The summed E-state index contributed by atoms with van der Waals surface area (Å²) in [5.74, 6) is 1.42. The van der Waals surface area contributed by atoms with Crippen molar-refractivity contribution in [1.29, 1.82) is 0 Å². The summed E-state index contributed by atoms with van der Waals surface area (Å²) in [7, 11) is 0. The van der Waals surface area contributed by atoms with E-state index < -0.39 is 6.10 Å². The minimum Gasteiger partial charge on any atom is -0.486 e. The van der Waals surface area contributed by atoms with Crippen LogP contribution >= 0.6 is 0 Å². The van der Waals surface area contributed by atoms with Crippen LogP contribution in [0.3, 0.4) is 0 Å². The van der Waals surface area contributed by atoms with E-state index in [1.54, 1.807) is 0 Å². The lowest BCUT2D eigenvalue weighted by Gasteiger charge is -2.29. The second-order valence-corrected chi connectivity index (χ2v) is 5.79. The summed E-state index contributed by atoms with van der Waals surface area (Å²) in [5, 5.41) is 23.5. The molecule has 0 aromatic heterocycles. The fourth-order valence-corrected chi connectivity index (χ4v) is 3.00. The van der Waals surface area contributed by atoms with Gasteiger partial charge < -0.3 is 25.0 Å². The molecule has 1 saturated carbocycles. The number of rotatable bonds is 4. The SMILES string of the molecule is OC(CNC1CCCCC1O)c1ccc2c(c1)OCCO2. The Morgan fingerprint density at radius 3 is 2.71 bits per heavy atom. The van der Waals surface area contributed by atoms with Gasteiger partial charge in [0.05, 0.1) is 12.2 Å². The fourth-order valence-electron chi connectivity index (χ4n) is 3.00. The molecule has 0 saturated heterocycles. The Balaban J connectivity index is 1.58. The highest BCUT2D eigenvalue weighted by Crippen LogP contribution is 2.32. The van der Waals surface area contributed by atoms with Crippen LogP contribution in [0.2, 0.25) is 0 Å². The first-order valence-corrected chi connectivity index (χ1v) is 7.73. The standard InChI is InChI=1S/C16H23NO4/c18-13-4-2-1-3-12(13)17-10-14(19)11-5-6-15-16(9-11)21-8-7-20-15/h5-6,9,12-14,17-19H,1-4,7-8,10H2. The molecule has 5 heteroatoms. The second-order valence-electron chi connectivity index (χ2n) is 5.79. The number of nitrogens with one attached hydrogen (secondary N) is 1. The molecule has 5 nitrogen and oxygen atoms in total. The van der Waals surface area contributed by atoms with E-state index in [1.807, 2.05) is 18.2 Å². The Morgan fingerprint density at radius 2 is 1.90 bits per heavy atom. The molecule has 0 spiro atoms. The van der Waals surface area contributed by atoms with Gasteiger partial charge >= 0.3 is 0 Å². The van der Waals surface area contributed by atoms with Gasteiger partial charge in [0.1, 0.15) is 13.2 Å². The lowest BCUT2D eigenvalue weighted by atomic mass is 9.92. The average Bonchev–Trinajstić information content (AvgIpc) is 2.53. The lowest BCUT2D eigenvalue weighted by Crippen LogP contribution is -2.43. The quantitative estimate of drug-likeness (QED) is 0.782. The van der Waals surface area contributed by atoms with Crippen molar-refractivity contribution in [3.05, 3.63) is 23.8 Å². The minimum atomic E-state index is -0.616. The number of aliphatic hydroxyl groups excluding tert-OH is 2. The summed E-state index contributed by atoms with van der Waals surface area (Å²) < 4.78 is 11.0. The predicted molar refractivity (Wildman–Crippen MR) is 78.7 cm³/mol. The lowest BCUT2D eigenvalue weighted by molar-refractivity contribution is 0.0796. The van der Waals surface area contributed by atoms with Gasteiger partial charge in [-0.1, -0.05) is 18.9 Å². The smallest absolute Gasteiger partial charge is 0.161 e. The van der Waals surface area contributed by atoms with Gasteiger partial charge in [0.25, 0.3) is 0 Å². The highest BCUT2D eigenvalue weighted by Gasteiger charge is 2.23. The van der Waals surface area contributed by atoms with Crippen molar-refractivity contribution >= 4 is 0 Å². The van der Waals surface area contributed by atoms with E-state index in [-0.39, 0.29) is 12.1 Å². The van der Waals surface area contributed by atoms with Crippen molar-refractivity contribution in [3.63, 3.8) is 0 Å². The van der Waals surface area contributed by atoms with Gasteiger partial charge in [-0.05, 0) is 30.5 Å². The molecule has 1 heterocycles. The zero-order chi connectivity index (χ0) is 14.7. The Morgan fingerprint density at radius 1 is 1.14 bits per heavy atom. The van der Waals surface area contributed by atoms with E-state index in [0.717, 1.165) is 37.0 Å². The Kier molecular flexibility index (Phi) is 4.63. The van der Waals surface area contributed by atoms with Gasteiger partial charge in [-0.3, -0.25) is 0 Å². The third kappa shape index (κ3) is 3.48. The van der Waals surface area contributed by atoms with E-state index in [4.69, 9.17) is 9.47 Å². The third-order valence-electron chi connectivity index (χ3n) is 4.25. The number of aliphatic hydroxyl groups is 2. The summed E-state index contributed by atoms with van der Waals surface area (Å²) >= 11 is 0. The second kappa shape index (κ2) is 6.64. The molecule has 21 heavy (non-hydrogen) atoms. The van der Waals surface area contributed by atoms with Crippen LogP contribution in [-0.2, 0) is 0 Å². The zero-order valence-corrected chi connectivity index (χ0v) is 12.1. The van der Waals surface area contributed by atoms with E-state index >= 15 is 0 Å². The van der Waals surface area contributed by atoms with Crippen LogP contribution in [0.4, 0.5) is 0 Å². The molecule has 0 bridgehead atoms. The molecular formula is C16H23NO4. The van der Waals surface area contributed by atoms with Crippen molar-refractivity contribution < 1.29 is 19.7 Å².